The zero-order chi connectivity index (χ0) is 24.1. The molecule has 1 atom stereocenters. The minimum atomic E-state index is -2.06. The van der Waals surface area contributed by atoms with Crippen molar-refractivity contribution in [2.24, 2.45) is 0 Å². The van der Waals surface area contributed by atoms with Crippen LogP contribution >= 0.6 is 0 Å². The number of benzene rings is 3. The van der Waals surface area contributed by atoms with Gasteiger partial charge in [-0.15, -0.1) is 0 Å². The molecule has 4 rings (SSSR count). The van der Waals surface area contributed by atoms with Crippen LogP contribution in [0.15, 0.2) is 66.7 Å². The number of nitrogens with zero attached hydrogens (tertiary/aromatic N) is 2. The second kappa shape index (κ2) is 10.4. The molecule has 1 saturated heterocycles. The maximum Gasteiger partial charge on any atom is 0.218 e. The van der Waals surface area contributed by atoms with Gasteiger partial charge in [0.25, 0.3) is 0 Å². The van der Waals surface area contributed by atoms with Gasteiger partial charge in [0.15, 0.2) is 11.5 Å². The molecule has 7 heteroatoms. The zero-order valence-corrected chi connectivity index (χ0v) is 19.8. The molecule has 0 amide bonds. The standard InChI is InChI=1S/C27H30F2N2O3/c1-32-24-14-13-20(25(33-2)26(24)34-3)19-30-15-17-31(18-16-30)27(29,21-9-5-4-6-10-21)22-11-7-8-12-23(22)28/h4-14H,15-19H2,1-3H3. The Kier molecular flexibility index (Phi) is 7.34. The molecule has 1 heterocycles. The van der Waals surface area contributed by atoms with E-state index >= 15 is 4.39 Å². The average molecular weight is 469 g/mol. The van der Waals surface area contributed by atoms with E-state index in [9.17, 15) is 4.39 Å². The summed E-state index contributed by atoms with van der Waals surface area (Å²) in [5.74, 6) is -0.832. The van der Waals surface area contributed by atoms with Crippen molar-refractivity contribution < 1.29 is 23.0 Å². The monoisotopic (exact) mass is 468 g/mol. The van der Waals surface area contributed by atoms with Gasteiger partial charge < -0.3 is 14.2 Å². The Labute approximate surface area is 199 Å². The SMILES string of the molecule is COc1ccc(CN2CCN(C(F)(c3ccccc3)c3ccccc3F)CC2)c(OC)c1OC. The van der Waals surface area contributed by atoms with Crippen LogP contribution in [0, 0.1) is 5.82 Å². The molecular weight excluding hydrogens is 438 g/mol. The molecule has 0 aliphatic carbocycles. The summed E-state index contributed by atoms with van der Waals surface area (Å²) in [6.45, 7) is 2.72. The third-order valence-electron chi connectivity index (χ3n) is 6.37. The van der Waals surface area contributed by atoms with Crippen molar-refractivity contribution in [3.8, 4) is 17.2 Å². The lowest BCUT2D eigenvalue weighted by molar-refractivity contribution is -0.0382. The second-order valence-corrected chi connectivity index (χ2v) is 8.22. The molecule has 0 bridgehead atoms. The van der Waals surface area contributed by atoms with E-state index < -0.39 is 11.6 Å². The second-order valence-electron chi connectivity index (χ2n) is 8.22. The van der Waals surface area contributed by atoms with Crippen molar-refractivity contribution in [2.45, 2.75) is 12.3 Å². The molecule has 34 heavy (non-hydrogen) atoms. The van der Waals surface area contributed by atoms with E-state index in [2.05, 4.69) is 4.90 Å². The fourth-order valence-corrected chi connectivity index (χ4v) is 4.64. The van der Waals surface area contributed by atoms with Crippen LogP contribution in [-0.4, -0.2) is 57.3 Å². The molecule has 0 saturated carbocycles. The van der Waals surface area contributed by atoms with Gasteiger partial charge in [-0.2, -0.15) is 0 Å². The van der Waals surface area contributed by atoms with E-state index in [1.807, 2.05) is 18.2 Å². The van der Waals surface area contributed by atoms with Crippen LogP contribution < -0.4 is 14.2 Å². The van der Waals surface area contributed by atoms with E-state index in [0.717, 1.165) is 5.56 Å². The normalized spacial score (nSPS) is 16.6. The first-order valence-electron chi connectivity index (χ1n) is 11.3. The van der Waals surface area contributed by atoms with Crippen LogP contribution in [0.4, 0.5) is 8.78 Å². The Morgan fingerprint density at radius 1 is 0.765 bits per heavy atom. The van der Waals surface area contributed by atoms with Crippen molar-refractivity contribution in [1.29, 1.82) is 0 Å². The van der Waals surface area contributed by atoms with E-state index in [1.165, 1.54) is 12.1 Å². The predicted octanol–water partition coefficient (Wildman–Crippen LogP) is 4.84. The van der Waals surface area contributed by atoms with Gasteiger partial charge in [0.2, 0.25) is 11.5 Å². The molecule has 0 radical (unpaired) electrons. The molecule has 1 aliphatic rings. The van der Waals surface area contributed by atoms with Crippen LogP contribution in [0.1, 0.15) is 16.7 Å². The van der Waals surface area contributed by atoms with Gasteiger partial charge in [-0.3, -0.25) is 9.80 Å². The summed E-state index contributed by atoms with van der Waals surface area (Å²) in [6.07, 6.45) is 0. The summed E-state index contributed by atoms with van der Waals surface area (Å²) in [5, 5.41) is 0. The van der Waals surface area contributed by atoms with Crippen LogP contribution in [0.25, 0.3) is 0 Å². The number of rotatable bonds is 8. The molecule has 1 fully saturated rings. The Morgan fingerprint density at radius 3 is 2.03 bits per heavy atom. The fraction of sp³-hybridized carbons (Fsp3) is 0.333. The Bertz CT molecular complexity index is 1100. The molecule has 0 spiro atoms. The maximum absolute atomic E-state index is 16.9. The fourth-order valence-electron chi connectivity index (χ4n) is 4.64. The number of piperazine rings is 1. The first kappa shape index (κ1) is 24.0. The molecule has 180 valence electrons. The summed E-state index contributed by atoms with van der Waals surface area (Å²) in [6, 6.07) is 18.7. The number of hydrogen-bond donors (Lipinski definition) is 0. The summed E-state index contributed by atoms with van der Waals surface area (Å²) < 4.78 is 48.1. The Balaban J connectivity index is 1.56. The van der Waals surface area contributed by atoms with Crippen molar-refractivity contribution >= 4 is 0 Å². The first-order valence-corrected chi connectivity index (χ1v) is 11.3. The number of hydrogen-bond acceptors (Lipinski definition) is 5. The number of ether oxygens (including phenoxy) is 3. The van der Waals surface area contributed by atoms with Crippen LogP contribution in [-0.2, 0) is 12.3 Å². The van der Waals surface area contributed by atoms with Gasteiger partial charge in [-0.1, -0.05) is 54.6 Å². The molecule has 1 unspecified atom stereocenters. The first-order chi connectivity index (χ1) is 16.5. The smallest absolute Gasteiger partial charge is 0.218 e. The van der Waals surface area contributed by atoms with Gasteiger partial charge in [0.1, 0.15) is 5.82 Å². The van der Waals surface area contributed by atoms with Gasteiger partial charge in [-0.05, 0) is 12.1 Å². The number of alkyl halides is 1. The lowest BCUT2D eigenvalue weighted by Crippen LogP contribution is -2.54. The molecule has 0 aromatic heterocycles. The van der Waals surface area contributed by atoms with Gasteiger partial charge in [-0.25, -0.2) is 8.78 Å². The van der Waals surface area contributed by atoms with Crippen LogP contribution in [0.3, 0.4) is 0 Å². The van der Waals surface area contributed by atoms with Crippen molar-refractivity contribution in [3.05, 3.63) is 89.2 Å². The van der Waals surface area contributed by atoms with Crippen molar-refractivity contribution in [2.75, 3.05) is 47.5 Å². The quantitative estimate of drug-likeness (QED) is 0.442. The molecule has 3 aromatic carbocycles. The summed E-state index contributed by atoms with van der Waals surface area (Å²) in [7, 11) is 4.77. The third kappa shape index (κ3) is 4.45. The third-order valence-corrected chi connectivity index (χ3v) is 6.37. The molecular formula is C27H30F2N2O3. The lowest BCUT2D eigenvalue weighted by atomic mass is 9.93. The van der Waals surface area contributed by atoms with Gasteiger partial charge in [0.05, 0.1) is 21.3 Å². The molecule has 3 aromatic rings. The number of halogens is 2. The summed E-state index contributed by atoms with van der Waals surface area (Å²) in [4.78, 5) is 3.95. The van der Waals surface area contributed by atoms with Gasteiger partial charge in [0, 0.05) is 49.4 Å². The molecule has 1 aliphatic heterocycles. The van der Waals surface area contributed by atoms with E-state index in [0.29, 0.717) is 55.5 Å². The largest absolute Gasteiger partial charge is 0.493 e. The van der Waals surface area contributed by atoms with E-state index in [-0.39, 0.29) is 5.56 Å². The summed E-state index contributed by atoms with van der Waals surface area (Å²) >= 11 is 0. The van der Waals surface area contributed by atoms with E-state index in [1.54, 1.807) is 62.6 Å². The van der Waals surface area contributed by atoms with Gasteiger partial charge >= 0.3 is 0 Å². The summed E-state index contributed by atoms with van der Waals surface area (Å²) in [5.41, 5.74) is 1.42. The lowest BCUT2D eigenvalue weighted by Gasteiger charge is -2.43. The highest BCUT2D eigenvalue weighted by molar-refractivity contribution is 5.55. The Morgan fingerprint density at radius 2 is 1.41 bits per heavy atom. The number of methoxy groups -OCH3 is 3. The molecule has 5 nitrogen and oxygen atoms in total. The van der Waals surface area contributed by atoms with Crippen LogP contribution in [0.2, 0.25) is 0 Å². The van der Waals surface area contributed by atoms with Crippen molar-refractivity contribution in [1.82, 2.24) is 9.80 Å². The highest BCUT2D eigenvalue weighted by Gasteiger charge is 2.43. The Hall–Kier alpha value is -3.16. The zero-order valence-electron chi connectivity index (χ0n) is 19.8. The topological polar surface area (TPSA) is 34.2 Å². The minimum Gasteiger partial charge on any atom is -0.493 e. The van der Waals surface area contributed by atoms with Crippen molar-refractivity contribution in [3.63, 3.8) is 0 Å². The highest BCUT2D eigenvalue weighted by Crippen LogP contribution is 2.41. The highest BCUT2D eigenvalue weighted by atomic mass is 19.2. The van der Waals surface area contributed by atoms with Crippen LogP contribution in [0.5, 0.6) is 17.2 Å². The maximum atomic E-state index is 16.9. The minimum absolute atomic E-state index is 0.0382. The predicted molar refractivity (Wildman–Crippen MR) is 128 cm³/mol. The molecule has 0 N–H and O–H groups in total. The average Bonchev–Trinajstić information content (AvgIpc) is 2.89. The van der Waals surface area contributed by atoms with E-state index in [4.69, 9.17) is 14.2 Å².